The molecule has 0 aliphatic rings. The van der Waals surface area contributed by atoms with E-state index in [2.05, 4.69) is 43.8 Å². The van der Waals surface area contributed by atoms with Crippen LogP contribution in [0.4, 0.5) is 0 Å². The summed E-state index contributed by atoms with van der Waals surface area (Å²) in [5.74, 6) is 1.75. The quantitative estimate of drug-likeness (QED) is 0.493. The molecule has 0 aliphatic heterocycles. The highest BCUT2D eigenvalue weighted by Crippen LogP contribution is 2.13. The van der Waals surface area contributed by atoms with Crippen LogP contribution < -0.4 is 0 Å². The molecule has 0 N–H and O–H groups in total. The summed E-state index contributed by atoms with van der Waals surface area (Å²) in [5, 5.41) is 0. The van der Waals surface area contributed by atoms with Crippen molar-refractivity contribution < 1.29 is 0 Å². The van der Waals surface area contributed by atoms with E-state index >= 15 is 0 Å². The predicted molar refractivity (Wildman–Crippen MR) is 69.7 cm³/mol. The summed E-state index contributed by atoms with van der Waals surface area (Å²) < 4.78 is 0. The third-order valence-corrected chi connectivity index (χ3v) is 1.99. The first-order chi connectivity index (χ1) is 6.88. The molecule has 0 unspecified atom stereocenters. The normalized spacial score (nSPS) is 13.7. The Kier molecular flexibility index (Phi) is 6.14. The summed E-state index contributed by atoms with van der Waals surface area (Å²) >= 11 is 0. The molecule has 0 bridgehead atoms. The number of hydrogen-bond donors (Lipinski definition) is 0. The van der Waals surface area contributed by atoms with Gasteiger partial charge in [-0.15, -0.1) is 0 Å². The van der Waals surface area contributed by atoms with Crippen molar-refractivity contribution in [3.8, 4) is 0 Å². The van der Waals surface area contributed by atoms with Gasteiger partial charge < -0.3 is 0 Å². The van der Waals surface area contributed by atoms with Crippen LogP contribution in [0.1, 0.15) is 48.5 Å². The van der Waals surface area contributed by atoms with E-state index in [4.69, 9.17) is 0 Å². The summed E-state index contributed by atoms with van der Waals surface area (Å²) in [7, 11) is 0. The highest BCUT2D eigenvalue weighted by atomic mass is 14.9. The fraction of sp³-hybridized carbons (Fsp3) is 0.692. The Hall–Kier alpha value is -0.920. The first kappa shape index (κ1) is 14.1. The van der Waals surface area contributed by atoms with Crippen LogP contribution in [0.25, 0.3) is 0 Å². The lowest BCUT2D eigenvalue weighted by Crippen LogP contribution is -2.08. The molecule has 0 aliphatic carbocycles. The minimum atomic E-state index is 0.369. The van der Waals surface area contributed by atoms with Crippen LogP contribution in [0.2, 0.25) is 0 Å². The van der Waals surface area contributed by atoms with Gasteiger partial charge in [0, 0.05) is 17.3 Å². The van der Waals surface area contributed by atoms with Gasteiger partial charge in [0.2, 0.25) is 0 Å². The Balaban J connectivity index is 5.08. The molecule has 15 heavy (non-hydrogen) atoms. The Morgan fingerprint density at radius 1 is 0.933 bits per heavy atom. The van der Waals surface area contributed by atoms with Gasteiger partial charge in [-0.1, -0.05) is 33.8 Å². The molecule has 0 amide bonds. The van der Waals surface area contributed by atoms with Gasteiger partial charge in [0.1, 0.15) is 5.84 Å². The van der Waals surface area contributed by atoms with E-state index in [1.54, 1.807) is 0 Å². The molecule has 86 valence electrons. The van der Waals surface area contributed by atoms with E-state index < -0.39 is 0 Å². The van der Waals surface area contributed by atoms with E-state index in [-0.39, 0.29) is 0 Å². The maximum atomic E-state index is 4.62. The Bertz CT molecular complexity index is 277. The van der Waals surface area contributed by atoms with Gasteiger partial charge in [0.15, 0.2) is 0 Å². The summed E-state index contributed by atoms with van der Waals surface area (Å²) in [5.41, 5.74) is 2.17. The van der Waals surface area contributed by atoms with Crippen molar-refractivity contribution in [2.75, 3.05) is 0 Å². The van der Waals surface area contributed by atoms with Crippen molar-refractivity contribution in [1.82, 2.24) is 0 Å². The molecule has 0 aromatic rings. The zero-order valence-corrected chi connectivity index (χ0v) is 11.1. The van der Waals surface area contributed by atoms with Crippen molar-refractivity contribution in [1.29, 1.82) is 0 Å². The van der Waals surface area contributed by atoms with Gasteiger partial charge >= 0.3 is 0 Å². The molecule has 0 spiro atoms. The van der Waals surface area contributed by atoms with E-state index in [0.717, 1.165) is 17.2 Å². The molecule has 0 atom stereocenters. The highest BCUT2D eigenvalue weighted by molar-refractivity contribution is 5.97. The average molecular weight is 208 g/mol. The van der Waals surface area contributed by atoms with Crippen molar-refractivity contribution in [3.05, 3.63) is 11.8 Å². The molecule has 0 saturated carbocycles. The zero-order chi connectivity index (χ0) is 12.0. The molecule has 0 radical (unpaired) electrons. The van der Waals surface area contributed by atoms with E-state index in [0.29, 0.717) is 11.8 Å². The standard InChI is InChI=1S/C13H24N2/c1-8-12(9(2)3)15-13(10(4)5)14-11(6)7/h8-10H,1-7H3/b12-8+,15-13-. The van der Waals surface area contributed by atoms with Crippen LogP contribution in [0.5, 0.6) is 0 Å². The minimum Gasteiger partial charge on any atom is -0.243 e. The maximum absolute atomic E-state index is 4.62. The number of allylic oxidation sites excluding steroid dienone is 2. The van der Waals surface area contributed by atoms with Gasteiger partial charge in [-0.2, -0.15) is 0 Å². The lowest BCUT2D eigenvalue weighted by atomic mass is 10.1. The molecule has 2 heteroatoms. The van der Waals surface area contributed by atoms with Crippen LogP contribution in [-0.4, -0.2) is 11.5 Å². The third kappa shape index (κ3) is 5.50. The largest absolute Gasteiger partial charge is 0.243 e. The summed E-state index contributed by atoms with van der Waals surface area (Å²) in [6, 6.07) is 0. The van der Waals surface area contributed by atoms with Crippen molar-refractivity contribution in [2.45, 2.75) is 48.5 Å². The Morgan fingerprint density at radius 3 is 1.73 bits per heavy atom. The number of rotatable bonds is 3. The monoisotopic (exact) mass is 208 g/mol. The lowest BCUT2D eigenvalue weighted by molar-refractivity contribution is 0.747. The number of amidine groups is 1. The molecule has 0 fully saturated rings. The van der Waals surface area contributed by atoms with Crippen LogP contribution in [-0.2, 0) is 0 Å². The maximum Gasteiger partial charge on any atom is 0.130 e. The van der Waals surface area contributed by atoms with E-state index in [9.17, 15) is 0 Å². The lowest BCUT2D eigenvalue weighted by Gasteiger charge is -2.10. The van der Waals surface area contributed by atoms with Gasteiger partial charge in [0.25, 0.3) is 0 Å². The van der Waals surface area contributed by atoms with Crippen LogP contribution >= 0.6 is 0 Å². The predicted octanol–water partition coefficient (Wildman–Crippen LogP) is 4.08. The van der Waals surface area contributed by atoms with Crippen molar-refractivity contribution in [2.24, 2.45) is 21.8 Å². The second kappa shape index (κ2) is 6.54. The first-order valence-electron chi connectivity index (χ1n) is 5.65. The minimum absolute atomic E-state index is 0.369. The molecule has 2 nitrogen and oxygen atoms in total. The van der Waals surface area contributed by atoms with Crippen molar-refractivity contribution >= 4 is 11.5 Å². The molecule has 0 heterocycles. The van der Waals surface area contributed by atoms with E-state index in [1.165, 1.54) is 0 Å². The molecule has 0 rings (SSSR count). The van der Waals surface area contributed by atoms with Crippen LogP contribution in [0.15, 0.2) is 21.8 Å². The first-order valence-corrected chi connectivity index (χ1v) is 5.65. The van der Waals surface area contributed by atoms with Crippen LogP contribution in [0, 0.1) is 11.8 Å². The summed E-state index contributed by atoms with van der Waals surface area (Å²) in [6.07, 6.45) is 2.06. The molecular formula is C13H24N2. The van der Waals surface area contributed by atoms with Gasteiger partial charge in [-0.25, -0.2) is 9.98 Å². The van der Waals surface area contributed by atoms with Gasteiger partial charge in [-0.3, -0.25) is 0 Å². The molecule has 0 saturated heterocycles. The second-order valence-electron chi connectivity index (χ2n) is 4.55. The molecule has 0 aromatic heterocycles. The number of hydrogen-bond acceptors (Lipinski definition) is 1. The number of aliphatic imine (C=N–C) groups is 2. The number of nitrogens with zero attached hydrogens (tertiary/aromatic N) is 2. The SMILES string of the molecule is C/C=C(/N=C(\N=C(C)C)C(C)C)C(C)C. The topological polar surface area (TPSA) is 24.7 Å². The highest BCUT2D eigenvalue weighted by Gasteiger charge is 2.06. The molecular weight excluding hydrogens is 184 g/mol. The fourth-order valence-corrected chi connectivity index (χ4v) is 1.17. The molecule has 0 aromatic carbocycles. The average Bonchev–Trinajstić information content (AvgIpc) is 2.10. The third-order valence-electron chi connectivity index (χ3n) is 1.99. The van der Waals surface area contributed by atoms with Gasteiger partial charge in [-0.05, 0) is 26.7 Å². The Labute approximate surface area is 94.2 Å². The zero-order valence-electron chi connectivity index (χ0n) is 11.1. The van der Waals surface area contributed by atoms with E-state index in [1.807, 2.05) is 20.8 Å². The summed E-state index contributed by atoms with van der Waals surface area (Å²) in [6.45, 7) is 14.6. The Morgan fingerprint density at radius 2 is 1.47 bits per heavy atom. The second-order valence-corrected chi connectivity index (χ2v) is 4.55. The van der Waals surface area contributed by atoms with Gasteiger partial charge in [0.05, 0.1) is 0 Å². The van der Waals surface area contributed by atoms with Crippen LogP contribution in [0.3, 0.4) is 0 Å². The summed E-state index contributed by atoms with van der Waals surface area (Å²) in [4.78, 5) is 9.10. The van der Waals surface area contributed by atoms with Crippen molar-refractivity contribution in [3.63, 3.8) is 0 Å². The fourth-order valence-electron chi connectivity index (χ4n) is 1.17. The smallest absolute Gasteiger partial charge is 0.130 e.